The summed E-state index contributed by atoms with van der Waals surface area (Å²) in [4.78, 5) is 11.2. The number of nitrogens with zero attached hydrogens (tertiary/aromatic N) is 5. The molecule has 1 saturated carbocycles. The van der Waals surface area contributed by atoms with Gasteiger partial charge in [-0.1, -0.05) is 6.92 Å². The highest BCUT2D eigenvalue weighted by atomic mass is 16.5. The smallest absolute Gasteiger partial charge is 0.244 e. The predicted molar refractivity (Wildman–Crippen MR) is 116 cm³/mol. The van der Waals surface area contributed by atoms with Crippen molar-refractivity contribution < 1.29 is 9.84 Å². The second kappa shape index (κ2) is 6.98. The molecule has 30 heavy (non-hydrogen) atoms. The average Bonchev–Trinajstić information content (AvgIpc) is 3.16. The third kappa shape index (κ3) is 3.08. The van der Waals surface area contributed by atoms with E-state index in [1.165, 1.54) is 0 Å². The van der Waals surface area contributed by atoms with Gasteiger partial charge < -0.3 is 20.1 Å². The van der Waals surface area contributed by atoms with Crippen LogP contribution in [0.15, 0.2) is 47.9 Å². The first-order chi connectivity index (χ1) is 14.5. The van der Waals surface area contributed by atoms with E-state index in [4.69, 9.17) is 4.74 Å². The second-order valence-electron chi connectivity index (χ2n) is 8.19. The molecule has 8 heteroatoms. The molecule has 1 fully saturated rings. The molecule has 8 nitrogen and oxygen atoms in total. The third-order valence-electron chi connectivity index (χ3n) is 6.19. The summed E-state index contributed by atoms with van der Waals surface area (Å²) in [5.41, 5.74) is 2.31. The Bertz CT molecular complexity index is 1110. The minimum absolute atomic E-state index is 0.169. The topological polar surface area (TPSA) is 87.3 Å². The van der Waals surface area contributed by atoms with Crippen molar-refractivity contribution in [3.05, 3.63) is 48.5 Å². The number of aliphatic hydroxyl groups is 1. The third-order valence-corrected chi connectivity index (χ3v) is 6.19. The van der Waals surface area contributed by atoms with E-state index in [0.717, 1.165) is 28.9 Å². The Hall–Kier alpha value is -3.13. The molecule has 0 radical (unpaired) electrons. The van der Waals surface area contributed by atoms with Crippen LogP contribution in [0, 0.1) is 0 Å². The van der Waals surface area contributed by atoms with E-state index >= 15 is 0 Å². The van der Waals surface area contributed by atoms with Crippen molar-refractivity contribution in [2.24, 2.45) is 4.99 Å². The molecule has 2 N–H and O–H groups in total. The number of hydrogen-bond acceptors (Lipinski definition) is 7. The Morgan fingerprint density at radius 1 is 1.33 bits per heavy atom. The second-order valence-corrected chi connectivity index (χ2v) is 8.19. The zero-order valence-electron chi connectivity index (χ0n) is 17.4. The van der Waals surface area contributed by atoms with E-state index < -0.39 is 5.60 Å². The largest absolute Gasteiger partial charge is 0.479 e. The minimum Gasteiger partial charge on any atom is -0.479 e. The van der Waals surface area contributed by atoms with Gasteiger partial charge >= 0.3 is 0 Å². The van der Waals surface area contributed by atoms with Crippen LogP contribution >= 0.6 is 0 Å². The van der Waals surface area contributed by atoms with E-state index in [-0.39, 0.29) is 12.1 Å². The molecule has 156 valence electrons. The van der Waals surface area contributed by atoms with Gasteiger partial charge in [0.1, 0.15) is 11.4 Å². The van der Waals surface area contributed by atoms with Crippen molar-refractivity contribution in [2.75, 3.05) is 12.4 Å². The monoisotopic (exact) mass is 406 g/mol. The fourth-order valence-electron chi connectivity index (χ4n) is 4.30. The molecule has 1 unspecified atom stereocenters. The molecule has 1 aliphatic carbocycles. The molecule has 0 aromatic carbocycles. The van der Waals surface area contributed by atoms with Crippen LogP contribution in [0.1, 0.15) is 38.7 Å². The molecule has 3 aliphatic rings. The Morgan fingerprint density at radius 2 is 2.17 bits per heavy atom. The molecular weight excluding hydrogens is 380 g/mol. The van der Waals surface area contributed by atoms with E-state index in [0.29, 0.717) is 24.7 Å². The fourth-order valence-corrected chi connectivity index (χ4v) is 4.30. The molecule has 2 aromatic heterocycles. The van der Waals surface area contributed by atoms with Crippen molar-refractivity contribution in [1.82, 2.24) is 19.5 Å². The number of methoxy groups -OCH3 is 1. The van der Waals surface area contributed by atoms with Gasteiger partial charge in [-0.2, -0.15) is 4.98 Å². The molecule has 5 rings (SSSR count). The number of hydrogen-bond donors (Lipinski definition) is 2. The van der Waals surface area contributed by atoms with Gasteiger partial charge in [0.25, 0.3) is 0 Å². The molecule has 0 spiro atoms. The summed E-state index contributed by atoms with van der Waals surface area (Å²) in [6, 6.07) is 2.44. The Morgan fingerprint density at radius 3 is 2.93 bits per heavy atom. The van der Waals surface area contributed by atoms with Gasteiger partial charge in [-0.25, -0.2) is 9.51 Å². The van der Waals surface area contributed by atoms with Crippen LogP contribution in [0.4, 0.5) is 5.95 Å². The summed E-state index contributed by atoms with van der Waals surface area (Å²) in [5.74, 6) is 1.94. The maximum atomic E-state index is 10.2. The standard InChI is InChI=1S/C22H26N6O2/c1-4-22(29)11-16(12-22)24-21-25-20(30-3)19-17(8-10-28(19)26-21)15-5-6-18-23-9-7-14(2)27(18)13-15/h5-10,13-14,16,29H,4,11-12H2,1-3H3,(H,24,26). The molecule has 1 atom stereocenters. The van der Waals surface area contributed by atoms with Crippen LogP contribution in [0.3, 0.4) is 0 Å². The lowest BCUT2D eigenvalue weighted by molar-refractivity contribution is -0.0442. The number of nitrogens with one attached hydrogen (secondary N) is 1. The molecule has 0 bridgehead atoms. The van der Waals surface area contributed by atoms with Gasteiger partial charge in [-0.3, -0.25) is 0 Å². The van der Waals surface area contributed by atoms with Gasteiger partial charge in [-0.05, 0) is 50.5 Å². The quantitative estimate of drug-likeness (QED) is 0.794. The highest BCUT2D eigenvalue weighted by Gasteiger charge is 2.41. The van der Waals surface area contributed by atoms with Crippen molar-refractivity contribution in [1.29, 1.82) is 0 Å². The molecule has 0 amide bonds. The van der Waals surface area contributed by atoms with Gasteiger partial charge in [0.05, 0.1) is 18.8 Å². The first-order valence-corrected chi connectivity index (χ1v) is 10.3. The zero-order valence-corrected chi connectivity index (χ0v) is 17.4. The summed E-state index contributed by atoms with van der Waals surface area (Å²) < 4.78 is 7.42. The number of amidine groups is 1. The van der Waals surface area contributed by atoms with Crippen LogP contribution < -0.4 is 10.1 Å². The fraction of sp³-hybridized carbons (Fsp3) is 0.409. The summed E-state index contributed by atoms with van der Waals surface area (Å²) >= 11 is 0. The Balaban J connectivity index is 1.46. The summed E-state index contributed by atoms with van der Waals surface area (Å²) in [5, 5.41) is 18.2. The van der Waals surface area contributed by atoms with E-state index in [1.807, 2.05) is 31.5 Å². The van der Waals surface area contributed by atoms with Gasteiger partial charge in [-0.15, -0.1) is 5.10 Å². The zero-order chi connectivity index (χ0) is 20.9. The number of ether oxygens (including phenoxy) is 1. The number of fused-ring (bicyclic) bond motifs is 2. The van der Waals surface area contributed by atoms with E-state index in [2.05, 4.69) is 50.6 Å². The molecule has 4 heterocycles. The van der Waals surface area contributed by atoms with Crippen molar-refractivity contribution in [2.45, 2.75) is 50.8 Å². The van der Waals surface area contributed by atoms with Gasteiger partial charge in [0.15, 0.2) is 0 Å². The maximum absolute atomic E-state index is 10.2. The minimum atomic E-state index is -0.560. The molecule has 0 saturated heterocycles. The average molecular weight is 406 g/mol. The Labute approximate surface area is 175 Å². The van der Waals surface area contributed by atoms with Crippen LogP contribution in [0.25, 0.3) is 11.1 Å². The summed E-state index contributed by atoms with van der Waals surface area (Å²) in [7, 11) is 1.62. The molecule has 2 aliphatic heterocycles. The lowest BCUT2D eigenvalue weighted by atomic mass is 9.74. The van der Waals surface area contributed by atoms with E-state index in [1.54, 1.807) is 11.6 Å². The Kier molecular flexibility index (Phi) is 4.39. The number of aliphatic imine (C=N–C) groups is 1. The van der Waals surface area contributed by atoms with Crippen LogP contribution in [0.2, 0.25) is 0 Å². The number of rotatable bonds is 5. The maximum Gasteiger partial charge on any atom is 0.244 e. The number of aromatic nitrogens is 3. The number of anilines is 1. The molecular formula is C22H26N6O2. The first-order valence-electron chi connectivity index (χ1n) is 10.3. The normalized spacial score (nSPS) is 27.4. The van der Waals surface area contributed by atoms with Crippen LogP contribution in [-0.4, -0.2) is 55.2 Å². The SMILES string of the molecule is CCC1(O)CC(Nc2nc(OC)c3c(C4=CN5C(=NC=CC5C)C=C4)ccn3n2)C1. The first kappa shape index (κ1) is 18.9. The predicted octanol–water partition coefficient (Wildman–Crippen LogP) is 2.98. The van der Waals surface area contributed by atoms with Crippen molar-refractivity contribution in [3.63, 3.8) is 0 Å². The summed E-state index contributed by atoms with van der Waals surface area (Å²) in [6.45, 7) is 4.14. The highest BCUT2D eigenvalue weighted by molar-refractivity contribution is 6.02. The summed E-state index contributed by atoms with van der Waals surface area (Å²) in [6.07, 6.45) is 14.2. The lowest BCUT2D eigenvalue weighted by Crippen LogP contribution is -2.50. The van der Waals surface area contributed by atoms with Crippen LogP contribution in [-0.2, 0) is 0 Å². The lowest BCUT2D eigenvalue weighted by Gasteiger charge is -2.43. The van der Waals surface area contributed by atoms with Crippen molar-refractivity contribution >= 4 is 22.9 Å². The van der Waals surface area contributed by atoms with Gasteiger partial charge in [0, 0.05) is 35.8 Å². The van der Waals surface area contributed by atoms with Crippen LogP contribution in [0.5, 0.6) is 5.88 Å². The number of allylic oxidation sites excluding steroid dienone is 2. The molecule has 2 aromatic rings. The van der Waals surface area contributed by atoms with Crippen molar-refractivity contribution in [3.8, 4) is 5.88 Å². The highest BCUT2D eigenvalue weighted by Crippen LogP contribution is 2.37. The van der Waals surface area contributed by atoms with Gasteiger partial charge in [0.2, 0.25) is 11.8 Å². The van der Waals surface area contributed by atoms with E-state index in [9.17, 15) is 5.11 Å².